The predicted molar refractivity (Wildman–Crippen MR) is 88.9 cm³/mol. The number of thiazole rings is 1. The zero-order valence-electron chi connectivity index (χ0n) is 11.4. The monoisotopic (exact) mass is 325 g/mol. The fourth-order valence-electron chi connectivity index (χ4n) is 1.90. The Bertz CT molecular complexity index is 814. The number of nitriles is 1. The summed E-state index contributed by atoms with van der Waals surface area (Å²) in [4.78, 5) is 17.6. The van der Waals surface area contributed by atoms with Crippen molar-refractivity contribution in [2.24, 2.45) is 0 Å². The third-order valence-electron chi connectivity index (χ3n) is 2.92. The van der Waals surface area contributed by atoms with Crippen molar-refractivity contribution < 1.29 is 4.79 Å². The molecule has 108 valence electrons. The molecule has 1 amide bonds. The number of nitrogens with zero attached hydrogens (tertiary/aromatic N) is 2. The van der Waals surface area contributed by atoms with Crippen LogP contribution in [-0.2, 0) is 11.2 Å². The molecule has 0 aliphatic heterocycles. The first-order chi connectivity index (χ1) is 10.7. The van der Waals surface area contributed by atoms with Crippen LogP contribution in [0.25, 0.3) is 9.88 Å². The number of rotatable bonds is 4. The number of carbonyl (C=O) groups is 1. The first-order valence-electron chi connectivity index (χ1n) is 6.53. The Balaban J connectivity index is 1.63. The maximum atomic E-state index is 12.0. The second-order valence-corrected chi connectivity index (χ2v) is 6.34. The number of nitrogens with one attached hydrogen (secondary N) is 1. The van der Waals surface area contributed by atoms with Gasteiger partial charge in [0.05, 0.1) is 28.6 Å². The average molecular weight is 325 g/mol. The number of hydrogen-bond donors (Lipinski definition) is 1. The van der Waals surface area contributed by atoms with E-state index in [1.165, 1.54) is 0 Å². The van der Waals surface area contributed by atoms with E-state index in [0.29, 0.717) is 11.3 Å². The van der Waals surface area contributed by atoms with Crippen LogP contribution in [0, 0.1) is 11.3 Å². The van der Waals surface area contributed by atoms with Crippen molar-refractivity contribution in [3.63, 3.8) is 0 Å². The molecule has 2 heterocycles. The summed E-state index contributed by atoms with van der Waals surface area (Å²) in [5.74, 6) is -0.118. The van der Waals surface area contributed by atoms with Gasteiger partial charge in [-0.05, 0) is 35.7 Å². The molecule has 3 aromatic rings. The highest BCUT2D eigenvalue weighted by Gasteiger charge is 2.10. The minimum Gasteiger partial charge on any atom is -0.326 e. The molecule has 0 bridgehead atoms. The molecule has 0 atom stereocenters. The molecule has 0 radical (unpaired) electrons. The van der Waals surface area contributed by atoms with Crippen molar-refractivity contribution in [3.05, 3.63) is 58.4 Å². The van der Waals surface area contributed by atoms with Gasteiger partial charge in [0, 0.05) is 11.1 Å². The molecular weight excluding hydrogens is 314 g/mol. The Kier molecular flexibility index (Phi) is 4.28. The SMILES string of the molecule is N#Cc1ccc(NC(=O)Cc2csc(-c3cccs3)n2)cc1. The second kappa shape index (κ2) is 6.52. The van der Waals surface area contributed by atoms with Crippen molar-refractivity contribution in [1.82, 2.24) is 4.98 Å². The standard InChI is InChI=1S/C16H11N3OS2/c17-9-11-3-5-12(6-4-11)18-15(20)8-13-10-22-16(19-13)14-2-1-7-21-14/h1-7,10H,8H2,(H,18,20). The maximum absolute atomic E-state index is 12.0. The number of benzene rings is 1. The molecule has 1 aromatic carbocycles. The fraction of sp³-hybridized carbons (Fsp3) is 0.0625. The number of anilines is 1. The molecule has 3 rings (SSSR count). The van der Waals surface area contributed by atoms with Crippen molar-refractivity contribution in [3.8, 4) is 16.0 Å². The summed E-state index contributed by atoms with van der Waals surface area (Å²) in [6, 6.07) is 12.8. The van der Waals surface area contributed by atoms with Crippen molar-refractivity contribution in [2.45, 2.75) is 6.42 Å². The lowest BCUT2D eigenvalue weighted by Crippen LogP contribution is -2.14. The number of aromatic nitrogens is 1. The third kappa shape index (κ3) is 3.39. The van der Waals surface area contributed by atoms with E-state index in [2.05, 4.69) is 10.3 Å². The van der Waals surface area contributed by atoms with E-state index < -0.39 is 0 Å². The molecule has 0 saturated carbocycles. The van der Waals surface area contributed by atoms with Gasteiger partial charge in [-0.1, -0.05) is 6.07 Å². The van der Waals surface area contributed by atoms with E-state index in [4.69, 9.17) is 5.26 Å². The smallest absolute Gasteiger partial charge is 0.230 e. The normalized spacial score (nSPS) is 10.1. The van der Waals surface area contributed by atoms with Crippen LogP contribution in [0.3, 0.4) is 0 Å². The van der Waals surface area contributed by atoms with Crippen LogP contribution >= 0.6 is 22.7 Å². The number of carbonyl (C=O) groups excluding carboxylic acids is 1. The highest BCUT2D eigenvalue weighted by Crippen LogP contribution is 2.27. The summed E-state index contributed by atoms with van der Waals surface area (Å²) >= 11 is 3.18. The first-order valence-corrected chi connectivity index (χ1v) is 8.29. The fourth-order valence-corrected chi connectivity index (χ4v) is 3.53. The summed E-state index contributed by atoms with van der Waals surface area (Å²) in [5, 5.41) is 16.4. The Labute approximate surface area is 135 Å². The molecule has 0 unspecified atom stereocenters. The number of thiophene rings is 1. The lowest BCUT2D eigenvalue weighted by molar-refractivity contribution is -0.115. The van der Waals surface area contributed by atoms with Gasteiger partial charge in [-0.15, -0.1) is 22.7 Å². The van der Waals surface area contributed by atoms with E-state index in [-0.39, 0.29) is 12.3 Å². The predicted octanol–water partition coefficient (Wildman–Crippen LogP) is 3.92. The topological polar surface area (TPSA) is 65.8 Å². The summed E-state index contributed by atoms with van der Waals surface area (Å²) in [5.41, 5.74) is 2.01. The first kappa shape index (κ1) is 14.4. The zero-order chi connectivity index (χ0) is 15.4. The molecule has 2 aromatic heterocycles. The Morgan fingerprint density at radius 3 is 2.73 bits per heavy atom. The van der Waals surface area contributed by atoms with E-state index >= 15 is 0 Å². The largest absolute Gasteiger partial charge is 0.326 e. The molecule has 4 nitrogen and oxygen atoms in total. The second-order valence-electron chi connectivity index (χ2n) is 4.54. The van der Waals surface area contributed by atoms with Gasteiger partial charge >= 0.3 is 0 Å². The van der Waals surface area contributed by atoms with Gasteiger partial charge in [0.2, 0.25) is 5.91 Å². The molecule has 0 saturated heterocycles. The van der Waals surface area contributed by atoms with Gasteiger partial charge in [-0.25, -0.2) is 4.98 Å². The van der Waals surface area contributed by atoms with Crippen molar-refractivity contribution in [2.75, 3.05) is 5.32 Å². The van der Waals surface area contributed by atoms with Gasteiger partial charge in [-0.3, -0.25) is 4.79 Å². The van der Waals surface area contributed by atoms with E-state index in [0.717, 1.165) is 15.6 Å². The van der Waals surface area contributed by atoms with Crippen LogP contribution in [0.4, 0.5) is 5.69 Å². The Hall–Kier alpha value is -2.49. The molecule has 0 aliphatic carbocycles. The highest BCUT2D eigenvalue weighted by molar-refractivity contribution is 7.20. The average Bonchev–Trinajstić information content (AvgIpc) is 3.19. The van der Waals surface area contributed by atoms with Crippen LogP contribution in [0.5, 0.6) is 0 Å². The molecule has 0 spiro atoms. The Morgan fingerprint density at radius 2 is 2.05 bits per heavy atom. The zero-order valence-corrected chi connectivity index (χ0v) is 13.1. The highest BCUT2D eigenvalue weighted by atomic mass is 32.1. The molecule has 6 heteroatoms. The molecular formula is C16H11N3OS2. The van der Waals surface area contributed by atoms with Crippen LogP contribution in [-0.4, -0.2) is 10.9 Å². The molecule has 0 aliphatic rings. The van der Waals surface area contributed by atoms with E-state index in [1.54, 1.807) is 46.9 Å². The number of amides is 1. The van der Waals surface area contributed by atoms with Crippen LogP contribution in [0.2, 0.25) is 0 Å². The summed E-state index contributed by atoms with van der Waals surface area (Å²) in [6.07, 6.45) is 0.238. The molecule has 22 heavy (non-hydrogen) atoms. The minimum atomic E-state index is -0.118. The third-order valence-corrected chi connectivity index (χ3v) is 4.85. The van der Waals surface area contributed by atoms with Crippen LogP contribution in [0.1, 0.15) is 11.3 Å². The van der Waals surface area contributed by atoms with E-state index in [9.17, 15) is 4.79 Å². The summed E-state index contributed by atoms with van der Waals surface area (Å²) < 4.78 is 0. The van der Waals surface area contributed by atoms with Crippen LogP contribution < -0.4 is 5.32 Å². The van der Waals surface area contributed by atoms with Gasteiger partial charge in [0.25, 0.3) is 0 Å². The number of hydrogen-bond acceptors (Lipinski definition) is 5. The maximum Gasteiger partial charge on any atom is 0.230 e. The molecule has 1 N–H and O–H groups in total. The van der Waals surface area contributed by atoms with Gasteiger partial charge in [-0.2, -0.15) is 5.26 Å². The van der Waals surface area contributed by atoms with Crippen LogP contribution in [0.15, 0.2) is 47.2 Å². The lowest BCUT2D eigenvalue weighted by Gasteiger charge is -2.03. The quantitative estimate of drug-likeness (QED) is 0.790. The minimum absolute atomic E-state index is 0.118. The summed E-state index contributed by atoms with van der Waals surface area (Å²) in [7, 11) is 0. The van der Waals surface area contributed by atoms with Crippen molar-refractivity contribution >= 4 is 34.3 Å². The molecule has 0 fully saturated rings. The van der Waals surface area contributed by atoms with Gasteiger partial charge < -0.3 is 5.32 Å². The van der Waals surface area contributed by atoms with E-state index in [1.807, 2.05) is 29.0 Å². The lowest BCUT2D eigenvalue weighted by atomic mass is 10.2. The van der Waals surface area contributed by atoms with Gasteiger partial charge in [0.1, 0.15) is 5.01 Å². The summed E-state index contributed by atoms with van der Waals surface area (Å²) in [6.45, 7) is 0. The Morgan fingerprint density at radius 1 is 1.23 bits per heavy atom. The van der Waals surface area contributed by atoms with Gasteiger partial charge in [0.15, 0.2) is 0 Å². The van der Waals surface area contributed by atoms with Crippen molar-refractivity contribution in [1.29, 1.82) is 5.26 Å².